The number of aryl methyl sites for hydroxylation is 1. The number of aromatic nitrogens is 1. The Morgan fingerprint density at radius 3 is 2.83 bits per heavy atom. The van der Waals surface area contributed by atoms with Crippen LogP contribution in [0, 0.1) is 24.2 Å². The molecule has 18 heavy (non-hydrogen) atoms. The molecular formula is C14H18N4. The molecule has 0 radical (unpaired) electrons. The van der Waals surface area contributed by atoms with E-state index in [1.807, 2.05) is 13.0 Å². The first-order valence-corrected chi connectivity index (χ1v) is 6.62. The lowest BCUT2D eigenvalue weighted by atomic mass is 9.84. The predicted molar refractivity (Wildman–Crippen MR) is 70.3 cm³/mol. The molecular weight excluding hydrogens is 224 g/mol. The van der Waals surface area contributed by atoms with Gasteiger partial charge in [-0.1, -0.05) is 0 Å². The van der Waals surface area contributed by atoms with Gasteiger partial charge >= 0.3 is 0 Å². The van der Waals surface area contributed by atoms with E-state index < -0.39 is 0 Å². The van der Waals surface area contributed by atoms with Crippen LogP contribution in [0.3, 0.4) is 0 Å². The van der Waals surface area contributed by atoms with Crippen LogP contribution in [0.1, 0.15) is 24.0 Å². The Morgan fingerprint density at radius 2 is 2.22 bits per heavy atom. The van der Waals surface area contributed by atoms with Gasteiger partial charge in [0.2, 0.25) is 0 Å². The number of nitrogens with one attached hydrogen (secondary N) is 1. The quantitative estimate of drug-likeness (QED) is 0.858. The number of anilines is 1. The van der Waals surface area contributed by atoms with E-state index in [1.54, 1.807) is 6.20 Å². The zero-order valence-electron chi connectivity index (χ0n) is 10.7. The monoisotopic (exact) mass is 242 g/mol. The lowest BCUT2D eigenvalue weighted by Gasteiger charge is -2.45. The van der Waals surface area contributed by atoms with E-state index in [9.17, 15) is 5.26 Å². The molecule has 4 heterocycles. The minimum absolute atomic E-state index is 0.453. The lowest BCUT2D eigenvalue weighted by molar-refractivity contribution is 0.0973. The van der Waals surface area contributed by atoms with Gasteiger partial charge in [0.25, 0.3) is 0 Å². The van der Waals surface area contributed by atoms with Crippen LogP contribution in [0.5, 0.6) is 0 Å². The summed E-state index contributed by atoms with van der Waals surface area (Å²) < 4.78 is 0. The van der Waals surface area contributed by atoms with Gasteiger partial charge in [0.05, 0.1) is 5.56 Å². The number of rotatable bonds is 2. The normalized spacial score (nSPS) is 29.9. The van der Waals surface area contributed by atoms with Gasteiger partial charge < -0.3 is 10.2 Å². The first-order chi connectivity index (χ1) is 8.78. The maximum Gasteiger partial charge on any atom is 0.144 e. The van der Waals surface area contributed by atoms with Crippen molar-refractivity contribution in [2.24, 2.45) is 5.92 Å². The van der Waals surface area contributed by atoms with Crippen LogP contribution in [0.25, 0.3) is 0 Å². The summed E-state index contributed by atoms with van der Waals surface area (Å²) in [5.74, 6) is 1.50. The number of piperidine rings is 3. The fourth-order valence-corrected chi connectivity index (χ4v) is 3.11. The van der Waals surface area contributed by atoms with Gasteiger partial charge in [-0.15, -0.1) is 0 Å². The molecule has 0 spiro atoms. The van der Waals surface area contributed by atoms with Crippen molar-refractivity contribution in [1.82, 2.24) is 9.88 Å². The molecule has 0 amide bonds. The average molecular weight is 242 g/mol. The minimum atomic E-state index is 0.453. The highest BCUT2D eigenvalue weighted by molar-refractivity contribution is 5.56. The highest BCUT2D eigenvalue weighted by Gasteiger charge is 2.34. The predicted octanol–water partition coefficient (Wildman–Crippen LogP) is 1.77. The van der Waals surface area contributed by atoms with Crippen molar-refractivity contribution in [1.29, 1.82) is 5.26 Å². The van der Waals surface area contributed by atoms with Crippen LogP contribution in [-0.2, 0) is 0 Å². The molecule has 3 aliphatic rings. The second kappa shape index (κ2) is 4.58. The third-order valence-corrected chi connectivity index (χ3v) is 4.25. The van der Waals surface area contributed by atoms with Crippen molar-refractivity contribution in [3.8, 4) is 6.07 Å². The zero-order chi connectivity index (χ0) is 12.5. The molecule has 3 saturated heterocycles. The van der Waals surface area contributed by atoms with Crippen LogP contribution in [0.2, 0.25) is 0 Å². The smallest absolute Gasteiger partial charge is 0.144 e. The third kappa shape index (κ3) is 1.95. The van der Waals surface area contributed by atoms with Crippen molar-refractivity contribution < 1.29 is 0 Å². The Labute approximate surface area is 108 Å². The molecule has 3 aliphatic heterocycles. The van der Waals surface area contributed by atoms with E-state index in [2.05, 4.69) is 21.3 Å². The Kier molecular flexibility index (Phi) is 2.92. The lowest BCUT2D eigenvalue weighted by Crippen LogP contribution is -2.53. The third-order valence-electron chi connectivity index (χ3n) is 4.25. The number of fused-ring (bicyclic) bond motifs is 3. The summed E-state index contributed by atoms with van der Waals surface area (Å²) in [5, 5.41) is 12.7. The SMILES string of the molecule is Cc1ccnc(NC2CN3CCC2CC3)c1C#N. The van der Waals surface area contributed by atoms with Gasteiger partial charge in [-0.2, -0.15) is 5.26 Å². The number of pyridine rings is 1. The summed E-state index contributed by atoms with van der Waals surface area (Å²) in [7, 11) is 0. The van der Waals surface area contributed by atoms with Gasteiger partial charge in [-0.05, 0) is 50.4 Å². The Balaban J connectivity index is 1.81. The number of nitriles is 1. The van der Waals surface area contributed by atoms with Crippen molar-refractivity contribution in [2.75, 3.05) is 25.0 Å². The van der Waals surface area contributed by atoms with Crippen molar-refractivity contribution in [3.05, 3.63) is 23.4 Å². The first kappa shape index (κ1) is 11.5. The largest absolute Gasteiger partial charge is 0.365 e. The van der Waals surface area contributed by atoms with Gasteiger partial charge in [0.15, 0.2) is 0 Å². The van der Waals surface area contributed by atoms with E-state index in [-0.39, 0.29) is 0 Å². The topological polar surface area (TPSA) is 52.0 Å². The summed E-state index contributed by atoms with van der Waals surface area (Å²) in [4.78, 5) is 6.84. The highest BCUT2D eigenvalue weighted by Crippen LogP contribution is 2.30. The van der Waals surface area contributed by atoms with E-state index in [0.29, 0.717) is 11.6 Å². The van der Waals surface area contributed by atoms with Gasteiger partial charge in [0.1, 0.15) is 11.9 Å². The van der Waals surface area contributed by atoms with E-state index in [1.165, 1.54) is 25.9 Å². The summed E-state index contributed by atoms with van der Waals surface area (Å²) in [6.07, 6.45) is 4.32. The molecule has 94 valence electrons. The molecule has 1 atom stereocenters. The number of hydrogen-bond acceptors (Lipinski definition) is 4. The molecule has 3 fully saturated rings. The van der Waals surface area contributed by atoms with Gasteiger partial charge in [-0.25, -0.2) is 4.98 Å². The summed E-state index contributed by atoms with van der Waals surface area (Å²) >= 11 is 0. The van der Waals surface area contributed by atoms with Crippen molar-refractivity contribution >= 4 is 5.82 Å². The average Bonchev–Trinajstić information content (AvgIpc) is 2.40. The van der Waals surface area contributed by atoms with E-state index in [0.717, 1.165) is 23.8 Å². The summed E-state index contributed by atoms with van der Waals surface area (Å²) in [6.45, 7) is 5.51. The summed E-state index contributed by atoms with van der Waals surface area (Å²) in [6, 6.07) is 4.60. The number of hydrogen-bond donors (Lipinski definition) is 1. The molecule has 1 unspecified atom stereocenters. The van der Waals surface area contributed by atoms with Crippen molar-refractivity contribution in [3.63, 3.8) is 0 Å². The van der Waals surface area contributed by atoms with Crippen LogP contribution < -0.4 is 5.32 Å². The maximum atomic E-state index is 9.22. The molecule has 4 nitrogen and oxygen atoms in total. The van der Waals surface area contributed by atoms with Crippen LogP contribution in [-0.4, -0.2) is 35.6 Å². The molecule has 2 bridgehead atoms. The molecule has 4 rings (SSSR count). The standard InChI is InChI=1S/C14H18N4/c1-10-2-5-16-14(12(10)8-15)17-13-9-18-6-3-11(13)4-7-18/h2,5,11,13H,3-4,6-7,9H2,1H3,(H,16,17). The molecule has 4 heteroatoms. The van der Waals surface area contributed by atoms with Gasteiger partial charge in [-0.3, -0.25) is 0 Å². The first-order valence-electron chi connectivity index (χ1n) is 6.62. The number of nitrogens with zero attached hydrogens (tertiary/aromatic N) is 3. The van der Waals surface area contributed by atoms with Crippen molar-refractivity contribution in [2.45, 2.75) is 25.8 Å². The molecule has 0 aromatic carbocycles. The second-order valence-electron chi connectivity index (χ2n) is 5.35. The minimum Gasteiger partial charge on any atom is -0.365 e. The summed E-state index contributed by atoms with van der Waals surface area (Å²) in [5.41, 5.74) is 1.69. The molecule has 1 N–H and O–H groups in total. The Morgan fingerprint density at radius 1 is 1.44 bits per heavy atom. The maximum absolute atomic E-state index is 9.22. The fourth-order valence-electron chi connectivity index (χ4n) is 3.11. The van der Waals surface area contributed by atoms with Crippen LogP contribution >= 0.6 is 0 Å². The zero-order valence-corrected chi connectivity index (χ0v) is 10.7. The molecule has 1 aromatic rings. The molecule has 0 aliphatic carbocycles. The molecule has 0 saturated carbocycles. The van der Waals surface area contributed by atoms with Crippen LogP contribution in [0.4, 0.5) is 5.82 Å². The van der Waals surface area contributed by atoms with E-state index >= 15 is 0 Å². The van der Waals surface area contributed by atoms with E-state index in [4.69, 9.17) is 0 Å². The Bertz CT molecular complexity index is 483. The Hall–Kier alpha value is -1.60. The fraction of sp³-hybridized carbons (Fsp3) is 0.571. The van der Waals surface area contributed by atoms with Crippen LogP contribution in [0.15, 0.2) is 12.3 Å². The van der Waals surface area contributed by atoms with Gasteiger partial charge in [0, 0.05) is 18.8 Å². The highest BCUT2D eigenvalue weighted by atomic mass is 15.2. The second-order valence-corrected chi connectivity index (χ2v) is 5.35. The molecule has 1 aromatic heterocycles.